The van der Waals surface area contributed by atoms with Crippen molar-refractivity contribution in [3.05, 3.63) is 60.2 Å². The maximum Gasteiger partial charge on any atom is 0.279 e. The largest absolute Gasteiger partial charge is 0.382 e. The molecule has 0 aliphatic rings. The molecule has 0 saturated carbocycles. The highest BCUT2D eigenvalue weighted by Crippen LogP contribution is 2.37. The van der Waals surface area contributed by atoms with Crippen molar-refractivity contribution in [2.24, 2.45) is 5.92 Å². The standard InChI is InChI=1S/C17H18F2O/c1-12(2)17(18,19)16(20)15-10-8-14(9-11-15)13-6-4-3-5-7-13/h3-12,16,20H,1-2H3. The van der Waals surface area contributed by atoms with Gasteiger partial charge in [0.15, 0.2) is 0 Å². The Labute approximate surface area is 117 Å². The van der Waals surface area contributed by atoms with Crippen molar-refractivity contribution in [2.75, 3.05) is 0 Å². The molecule has 2 rings (SSSR count). The first-order valence-electron chi connectivity index (χ1n) is 6.64. The van der Waals surface area contributed by atoms with Crippen molar-refractivity contribution < 1.29 is 13.9 Å². The lowest BCUT2D eigenvalue weighted by molar-refractivity contribution is -0.141. The van der Waals surface area contributed by atoms with E-state index in [4.69, 9.17) is 0 Å². The van der Waals surface area contributed by atoms with E-state index in [9.17, 15) is 13.9 Å². The first-order chi connectivity index (χ1) is 9.43. The number of alkyl halides is 2. The fourth-order valence-electron chi connectivity index (χ4n) is 2.03. The summed E-state index contributed by atoms with van der Waals surface area (Å²) >= 11 is 0. The molecule has 0 heterocycles. The number of aliphatic hydroxyl groups is 1. The van der Waals surface area contributed by atoms with Gasteiger partial charge < -0.3 is 5.11 Å². The van der Waals surface area contributed by atoms with Crippen LogP contribution in [-0.2, 0) is 0 Å². The third kappa shape index (κ3) is 2.88. The minimum absolute atomic E-state index is 0.239. The van der Waals surface area contributed by atoms with E-state index in [1.807, 2.05) is 30.3 Å². The number of rotatable bonds is 4. The van der Waals surface area contributed by atoms with Crippen molar-refractivity contribution in [2.45, 2.75) is 25.9 Å². The summed E-state index contributed by atoms with van der Waals surface area (Å²) in [5.41, 5.74) is 2.20. The molecule has 106 valence electrons. The smallest absolute Gasteiger partial charge is 0.279 e. The summed E-state index contributed by atoms with van der Waals surface area (Å²) in [7, 11) is 0. The Bertz CT molecular complexity index is 547. The number of hydrogen-bond donors (Lipinski definition) is 1. The van der Waals surface area contributed by atoms with Crippen molar-refractivity contribution >= 4 is 0 Å². The molecule has 0 spiro atoms. The summed E-state index contributed by atoms with van der Waals surface area (Å²) < 4.78 is 27.6. The van der Waals surface area contributed by atoms with Gasteiger partial charge in [-0.25, -0.2) is 8.78 Å². The fourth-order valence-corrected chi connectivity index (χ4v) is 2.03. The monoisotopic (exact) mass is 276 g/mol. The zero-order chi connectivity index (χ0) is 14.8. The SMILES string of the molecule is CC(C)C(F)(F)C(O)c1ccc(-c2ccccc2)cc1. The zero-order valence-electron chi connectivity index (χ0n) is 11.6. The van der Waals surface area contributed by atoms with Crippen LogP contribution in [0.25, 0.3) is 11.1 Å². The molecule has 2 aromatic rings. The summed E-state index contributed by atoms with van der Waals surface area (Å²) in [5, 5.41) is 9.83. The molecular formula is C17H18F2O. The Morgan fingerprint density at radius 1 is 0.850 bits per heavy atom. The normalized spacial score (nSPS) is 13.5. The quantitative estimate of drug-likeness (QED) is 0.859. The third-order valence-corrected chi connectivity index (χ3v) is 3.47. The Morgan fingerprint density at radius 3 is 1.85 bits per heavy atom. The second kappa shape index (κ2) is 5.71. The van der Waals surface area contributed by atoms with Crippen LogP contribution in [0.2, 0.25) is 0 Å². The van der Waals surface area contributed by atoms with Crippen LogP contribution in [0.3, 0.4) is 0 Å². The van der Waals surface area contributed by atoms with Gasteiger partial charge in [0, 0.05) is 5.92 Å². The molecule has 20 heavy (non-hydrogen) atoms. The van der Waals surface area contributed by atoms with E-state index >= 15 is 0 Å². The summed E-state index contributed by atoms with van der Waals surface area (Å²) in [6.07, 6.45) is -1.77. The topological polar surface area (TPSA) is 20.2 Å². The van der Waals surface area contributed by atoms with E-state index in [2.05, 4.69) is 0 Å². The number of hydrogen-bond acceptors (Lipinski definition) is 1. The predicted molar refractivity (Wildman–Crippen MR) is 76.6 cm³/mol. The number of halogens is 2. The third-order valence-electron chi connectivity index (χ3n) is 3.47. The molecule has 1 atom stereocenters. The Hall–Kier alpha value is -1.74. The number of aliphatic hydroxyl groups excluding tert-OH is 1. The van der Waals surface area contributed by atoms with Gasteiger partial charge in [0.25, 0.3) is 5.92 Å². The molecule has 0 saturated heterocycles. The average molecular weight is 276 g/mol. The molecule has 1 unspecified atom stereocenters. The van der Waals surface area contributed by atoms with Crippen LogP contribution in [0.5, 0.6) is 0 Å². The van der Waals surface area contributed by atoms with E-state index < -0.39 is 17.9 Å². The summed E-state index contributed by atoms with van der Waals surface area (Å²) in [6.45, 7) is 2.81. The fraction of sp³-hybridized carbons (Fsp3) is 0.294. The highest BCUT2D eigenvalue weighted by Gasteiger charge is 2.42. The summed E-state index contributed by atoms with van der Waals surface area (Å²) in [5.74, 6) is -4.04. The van der Waals surface area contributed by atoms with Crippen LogP contribution in [0.1, 0.15) is 25.5 Å². The Balaban J connectivity index is 2.25. The van der Waals surface area contributed by atoms with Crippen LogP contribution in [0.15, 0.2) is 54.6 Å². The molecule has 0 aliphatic carbocycles. The first-order valence-corrected chi connectivity index (χ1v) is 6.64. The van der Waals surface area contributed by atoms with Gasteiger partial charge in [-0.1, -0.05) is 68.4 Å². The van der Waals surface area contributed by atoms with Crippen molar-refractivity contribution in [3.63, 3.8) is 0 Å². The lowest BCUT2D eigenvalue weighted by Crippen LogP contribution is -2.32. The second-order valence-corrected chi connectivity index (χ2v) is 5.22. The van der Waals surface area contributed by atoms with Gasteiger partial charge in [0.05, 0.1) is 0 Å². The molecule has 0 aliphatic heterocycles. The maximum absolute atomic E-state index is 13.8. The molecule has 1 N–H and O–H groups in total. The van der Waals surface area contributed by atoms with Gasteiger partial charge in [-0.15, -0.1) is 0 Å². The second-order valence-electron chi connectivity index (χ2n) is 5.22. The highest BCUT2D eigenvalue weighted by atomic mass is 19.3. The van der Waals surface area contributed by atoms with Crippen molar-refractivity contribution in [3.8, 4) is 11.1 Å². The molecule has 0 amide bonds. The molecule has 2 aromatic carbocycles. The minimum atomic E-state index is -3.13. The molecule has 1 nitrogen and oxygen atoms in total. The van der Waals surface area contributed by atoms with Gasteiger partial charge >= 0.3 is 0 Å². The molecule has 3 heteroatoms. The van der Waals surface area contributed by atoms with E-state index in [0.717, 1.165) is 11.1 Å². The summed E-state index contributed by atoms with van der Waals surface area (Å²) in [4.78, 5) is 0. The first kappa shape index (κ1) is 14.7. The molecular weight excluding hydrogens is 258 g/mol. The van der Waals surface area contributed by atoms with E-state index in [1.54, 1.807) is 24.3 Å². The van der Waals surface area contributed by atoms with Crippen LogP contribution in [0.4, 0.5) is 8.78 Å². The lowest BCUT2D eigenvalue weighted by Gasteiger charge is -2.26. The molecule has 0 radical (unpaired) electrons. The Kier molecular flexibility index (Phi) is 4.19. The van der Waals surface area contributed by atoms with Crippen molar-refractivity contribution in [1.29, 1.82) is 0 Å². The van der Waals surface area contributed by atoms with Crippen LogP contribution in [-0.4, -0.2) is 11.0 Å². The van der Waals surface area contributed by atoms with Gasteiger partial charge in [0.1, 0.15) is 6.10 Å². The van der Waals surface area contributed by atoms with Crippen LogP contribution < -0.4 is 0 Å². The summed E-state index contributed by atoms with van der Waals surface area (Å²) in [6, 6.07) is 16.3. The van der Waals surface area contributed by atoms with Gasteiger partial charge in [-0.05, 0) is 16.7 Å². The van der Waals surface area contributed by atoms with Crippen LogP contribution in [0, 0.1) is 5.92 Å². The zero-order valence-corrected chi connectivity index (χ0v) is 11.6. The molecule has 0 aromatic heterocycles. The van der Waals surface area contributed by atoms with E-state index in [0.29, 0.717) is 0 Å². The van der Waals surface area contributed by atoms with E-state index in [-0.39, 0.29) is 5.56 Å². The predicted octanol–water partition coefficient (Wildman–Crippen LogP) is 4.68. The van der Waals surface area contributed by atoms with Crippen LogP contribution >= 0.6 is 0 Å². The minimum Gasteiger partial charge on any atom is -0.382 e. The maximum atomic E-state index is 13.8. The van der Waals surface area contributed by atoms with Gasteiger partial charge in [0.2, 0.25) is 0 Å². The number of benzene rings is 2. The Morgan fingerprint density at radius 2 is 1.35 bits per heavy atom. The average Bonchev–Trinajstić information content (AvgIpc) is 2.47. The lowest BCUT2D eigenvalue weighted by atomic mass is 9.93. The van der Waals surface area contributed by atoms with Gasteiger partial charge in [-0.3, -0.25) is 0 Å². The van der Waals surface area contributed by atoms with E-state index in [1.165, 1.54) is 13.8 Å². The highest BCUT2D eigenvalue weighted by molar-refractivity contribution is 5.63. The molecule has 0 fully saturated rings. The van der Waals surface area contributed by atoms with Crippen molar-refractivity contribution in [1.82, 2.24) is 0 Å². The molecule has 0 bridgehead atoms. The van der Waals surface area contributed by atoms with Gasteiger partial charge in [-0.2, -0.15) is 0 Å².